The highest BCUT2D eigenvalue weighted by Crippen LogP contribution is 2.28. The number of carbonyl (C=O) groups is 1. The van der Waals surface area contributed by atoms with Gasteiger partial charge in [-0.3, -0.25) is 4.79 Å². The van der Waals surface area contributed by atoms with Crippen LogP contribution in [0.2, 0.25) is 0 Å². The first kappa shape index (κ1) is 14.5. The third kappa shape index (κ3) is 4.62. The first-order valence-corrected chi connectivity index (χ1v) is 7.66. The highest BCUT2D eigenvalue weighted by molar-refractivity contribution is 9.11. The van der Waals surface area contributed by atoms with E-state index < -0.39 is 0 Å². The second-order valence-electron chi connectivity index (χ2n) is 4.28. The minimum atomic E-state index is -0.241. The van der Waals surface area contributed by atoms with Crippen LogP contribution in [0, 0.1) is 0 Å². The van der Waals surface area contributed by atoms with Crippen LogP contribution in [0.3, 0.4) is 0 Å². The summed E-state index contributed by atoms with van der Waals surface area (Å²) in [5, 5.41) is 4.09. The third-order valence-electron chi connectivity index (χ3n) is 2.77. The number of hydrogen-bond acceptors (Lipinski definition) is 3. The van der Waals surface area contributed by atoms with E-state index in [0.717, 1.165) is 40.3 Å². The molecule has 1 amide bonds. The van der Waals surface area contributed by atoms with Crippen molar-refractivity contribution >= 4 is 43.5 Å². The Labute approximate surface area is 128 Å². The lowest BCUT2D eigenvalue weighted by Crippen LogP contribution is -2.25. The van der Waals surface area contributed by atoms with Gasteiger partial charge < -0.3 is 4.74 Å². The molecule has 0 atom stereocenters. The first-order valence-electron chi connectivity index (χ1n) is 6.07. The summed E-state index contributed by atoms with van der Waals surface area (Å²) in [6, 6.07) is 5.52. The van der Waals surface area contributed by atoms with Crippen LogP contribution >= 0.6 is 31.9 Å². The van der Waals surface area contributed by atoms with E-state index in [-0.39, 0.29) is 12.5 Å². The van der Waals surface area contributed by atoms with Crippen molar-refractivity contribution in [2.24, 2.45) is 5.10 Å². The van der Waals surface area contributed by atoms with Crippen molar-refractivity contribution in [2.75, 3.05) is 6.61 Å². The molecular weight excluding hydrogens is 376 g/mol. The Balaban J connectivity index is 1.81. The summed E-state index contributed by atoms with van der Waals surface area (Å²) in [6.07, 6.45) is 4.30. The molecule has 1 aliphatic rings. The van der Waals surface area contributed by atoms with Gasteiger partial charge in [-0.25, -0.2) is 5.43 Å². The van der Waals surface area contributed by atoms with E-state index in [1.165, 1.54) is 0 Å². The van der Waals surface area contributed by atoms with E-state index in [1.807, 2.05) is 12.1 Å². The summed E-state index contributed by atoms with van der Waals surface area (Å²) >= 11 is 6.73. The average Bonchev–Trinajstić information content (AvgIpc) is 2.88. The molecule has 1 fully saturated rings. The van der Waals surface area contributed by atoms with Crippen molar-refractivity contribution < 1.29 is 9.53 Å². The zero-order valence-corrected chi connectivity index (χ0v) is 13.5. The van der Waals surface area contributed by atoms with Gasteiger partial charge in [-0.2, -0.15) is 5.10 Å². The van der Waals surface area contributed by atoms with E-state index >= 15 is 0 Å². The largest absolute Gasteiger partial charge is 0.483 e. The fourth-order valence-electron chi connectivity index (χ4n) is 1.80. The average molecular weight is 390 g/mol. The minimum absolute atomic E-state index is 0.0446. The SMILES string of the molecule is O=C(COc1ccc(Br)cc1Br)NN=C1CCCC1. The zero-order valence-electron chi connectivity index (χ0n) is 10.3. The number of nitrogens with zero attached hydrogens (tertiary/aromatic N) is 1. The standard InChI is InChI=1S/C13H14Br2N2O2/c14-9-5-6-12(11(15)7-9)19-8-13(18)17-16-10-3-1-2-4-10/h5-7H,1-4,8H2,(H,17,18). The Hall–Kier alpha value is -0.880. The fourth-order valence-corrected chi connectivity index (χ4v) is 2.97. The molecule has 2 rings (SSSR count). The third-order valence-corrected chi connectivity index (χ3v) is 3.89. The van der Waals surface area contributed by atoms with E-state index in [9.17, 15) is 4.79 Å². The van der Waals surface area contributed by atoms with Crippen LogP contribution < -0.4 is 10.2 Å². The van der Waals surface area contributed by atoms with Gasteiger partial charge in [0.1, 0.15) is 5.75 Å². The molecule has 0 aromatic heterocycles. The van der Waals surface area contributed by atoms with Crippen molar-refractivity contribution in [2.45, 2.75) is 25.7 Å². The molecule has 4 nitrogen and oxygen atoms in total. The molecule has 1 aromatic rings. The maximum atomic E-state index is 11.6. The molecule has 0 aliphatic heterocycles. The Morgan fingerprint density at radius 2 is 2.05 bits per heavy atom. The molecule has 102 valence electrons. The number of nitrogens with one attached hydrogen (secondary N) is 1. The van der Waals surface area contributed by atoms with Crippen molar-refractivity contribution in [3.8, 4) is 5.75 Å². The molecule has 1 saturated carbocycles. The Kier molecular flexibility index (Phi) is 5.39. The molecule has 0 saturated heterocycles. The van der Waals surface area contributed by atoms with Gasteiger partial charge in [0.25, 0.3) is 5.91 Å². The molecular formula is C13H14Br2N2O2. The highest BCUT2D eigenvalue weighted by Gasteiger charge is 2.09. The maximum Gasteiger partial charge on any atom is 0.277 e. The Morgan fingerprint density at radius 3 is 2.74 bits per heavy atom. The smallest absolute Gasteiger partial charge is 0.277 e. The molecule has 0 radical (unpaired) electrons. The van der Waals surface area contributed by atoms with E-state index in [0.29, 0.717) is 5.75 Å². The van der Waals surface area contributed by atoms with Crippen LogP contribution in [0.15, 0.2) is 32.2 Å². The molecule has 6 heteroatoms. The summed E-state index contributed by atoms with van der Waals surface area (Å²) < 4.78 is 7.17. The van der Waals surface area contributed by atoms with Crippen molar-refractivity contribution in [1.29, 1.82) is 0 Å². The number of ether oxygens (including phenoxy) is 1. The summed E-state index contributed by atoms with van der Waals surface area (Å²) in [5.41, 5.74) is 3.59. The van der Waals surface area contributed by atoms with Gasteiger partial charge in [0, 0.05) is 10.2 Å². The number of hydrogen-bond donors (Lipinski definition) is 1. The van der Waals surface area contributed by atoms with Crippen molar-refractivity contribution in [1.82, 2.24) is 5.43 Å². The van der Waals surface area contributed by atoms with Gasteiger partial charge in [-0.05, 0) is 59.8 Å². The van der Waals surface area contributed by atoms with Gasteiger partial charge in [-0.1, -0.05) is 15.9 Å². The summed E-state index contributed by atoms with van der Waals surface area (Å²) in [5.74, 6) is 0.390. The number of hydrazone groups is 1. The van der Waals surface area contributed by atoms with Crippen molar-refractivity contribution in [3.05, 3.63) is 27.1 Å². The van der Waals surface area contributed by atoms with Crippen LogP contribution in [0.25, 0.3) is 0 Å². The molecule has 0 heterocycles. The van der Waals surface area contributed by atoms with Crippen LogP contribution in [-0.4, -0.2) is 18.2 Å². The fraction of sp³-hybridized carbons (Fsp3) is 0.385. The van der Waals surface area contributed by atoms with Gasteiger partial charge in [0.2, 0.25) is 0 Å². The second-order valence-corrected chi connectivity index (χ2v) is 6.05. The maximum absolute atomic E-state index is 11.6. The summed E-state index contributed by atoms with van der Waals surface area (Å²) in [7, 11) is 0. The number of rotatable bonds is 4. The van der Waals surface area contributed by atoms with E-state index in [2.05, 4.69) is 42.4 Å². The molecule has 19 heavy (non-hydrogen) atoms. The quantitative estimate of drug-likeness (QED) is 0.799. The molecule has 0 unspecified atom stereocenters. The van der Waals surface area contributed by atoms with Crippen molar-refractivity contribution in [3.63, 3.8) is 0 Å². The predicted octanol–water partition coefficient (Wildman–Crippen LogP) is 3.64. The van der Waals surface area contributed by atoms with E-state index in [1.54, 1.807) is 6.07 Å². The molecule has 1 N–H and O–H groups in total. The zero-order chi connectivity index (χ0) is 13.7. The van der Waals surface area contributed by atoms with Crippen LogP contribution in [-0.2, 0) is 4.79 Å². The molecule has 0 spiro atoms. The van der Waals surface area contributed by atoms with Gasteiger partial charge >= 0.3 is 0 Å². The highest BCUT2D eigenvalue weighted by atomic mass is 79.9. The van der Waals surface area contributed by atoms with E-state index in [4.69, 9.17) is 4.74 Å². The summed E-state index contributed by atoms with van der Waals surface area (Å²) in [6.45, 7) is -0.0446. The Bertz CT molecular complexity index is 495. The topological polar surface area (TPSA) is 50.7 Å². The van der Waals surface area contributed by atoms with Crippen LogP contribution in [0.5, 0.6) is 5.75 Å². The lowest BCUT2D eigenvalue weighted by atomic mass is 10.3. The Morgan fingerprint density at radius 1 is 1.32 bits per heavy atom. The molecule has 1 aliphatic carbocycles. The lowest BCUT2D eigenvalue weighted by molar-refractivity contribution is -0.123. The van der Waals surface area contributed by atoms with Crippen LogP contribution in [0.1, 0.15) is 25.7 Å². The number of halogens is 2. The van der Waals surface area contributed by atoms with Gasteiger partial charge in [0.05, 0.1) is 4.47 Å². The number of carbonyl (C=O) groups excluding carboxylic acids is 1. The first-order chi connectivity index (χ1) is 9.15. The molecule has 1 aromatic carbocycles. The van der Waals surface area contributed by atoms with Crippen LogP contribution in [0.4, 0.5) is 0 Å². The predicted molar refractivity (Wildman–Crippen MR) is 81.4 cm³/mol. The van der Waals surface area contributed by atoms with Gasteiger partial charge in [-0.15, -0.1) is 0 Å². The number of benzene rings is 1. The minimum Gasteiger partial charge on any atom is -0.483 e. The molecule has 0 bridgehead atoms. The summed E-state index contributed by atoms with van der Waals surface area (Å²) in [4.78, 5) is 11.6. The number of amides is 1. The second kappa shape index (κ2) is 7.05. The normalized spacial score (nSPS) is 14.3. The van der Waals surface area contributed by atoms with Gasteiger partial charge in [0.15, 0.2) is 6.61 Å². The monoisotopic (exact) mass is 388 g/mol. The lowest BCUT2D eigenvalue weighted by Gasteiger charge is -2.07.